The lowest BCUT2D eigenvalue weighted by atomic mass is 9.90. The van der Waals surface area contributed by atoms with Gasteiger partial charge >= 0.3 is 0 Å². The van der Waals surface area contributed by atoms with E-state index in [-0.39, 0.29) is 5.54 Å². The van der Waals surface area contributed by atoms with E-state index < -0.39 is 10.0 Å². The largest absolute Gasteiger partial charge is 0.380 e. The number of rotatable bonds is 5. The molecule has 0 radical (unpaired) electrons. The number of anilines is 1. The van der Waals surface area contributed by atoms with E-state index in [0.717, 1.165) is 31.6 Å². The Hall–Kier alpha value is -1.11. The molecule has 1 aromatic rings. The molecule has 1 aliphatic rings. The molecule has 2 rings (SSSR count). The van der Waals surface area contributed by atoms with Crippen molar-refractivity contribution < 1.29 is 8.42 Å². The molecule has 20 heavy (non-hydrogen) atoms. The summed E-state index contributed by atoms with van der Waals surface area (Å²) in [5.74, 6) is 0. The van der Waals surface area contributed by atoms with Crippen molar-refractivity contribution in [2.75, 3.05) is 25.0 Å². The Balaban J connectivity index is 2.08. The van der Waals surface area contributed by atoms with Gasteiger partial charge in [0.05, 0.1) is 4.90 Å². The maximum Gasteiger partial charge on any atom is 0.240 e. The van der Waals surface area contributed by atoms with Crippen LogP contribution < -0.4 is 15.4 Å². The lowest BCUT2D eigenvalue weighted by Gasteiger charge is -2.36. The van der Waals surface area contributed by atoms with Gasteiger partial charge in [-0.25, -0.2) is 13.1 Å². The van der Waals surface area contributed by atoms with Crippen molar-refractivity contribution in [3.8, 4) is 0 Å². The van der Waals surface area contributed by atoms with Crippen LogP contribution >= 0.6 is 0 Å². The van der Waals surface area contributed by atoms with E-state index in [2.05, 4.69) is 22.3 Å². The minimum atomic E-state index is -3.36. The second kappa shape index (κ2) is 6.11. The van der Waals surface area contributed by atoms with E-state index in [1.807, 2.05) is 12.1 Å². The number of hydrogen-bond donors (Lipinski definition) is 3. The highest BCUT2D eigenvalue weighted by Gasteiger charge is 2.26. The molecule has 0 aliphatic carbocycles. The Bertz CT molecular complexity index is 534. The zero-order chi connectivity index (χ0) is 14.6. The molecule has 6 heteroatoms. The molecule has 0 aromatic heterocycles. The van der Waals surface area contributed by atoms with Crippen molar-refractivity contribution in [3.63, 3.8) is 0 Å². The molecule has 0 spiro atoms. The van der Waals surface area contributed by atoms with Crippen LogP contribution in [0.3, 0.4) is 0 Å². The van der Waals surface area contributed by atoms with E-state index in [1.54, 1.807) is 19.1 Å². The predicted molar refractivity (Wildman–Crippen MR) is 81.4 cm³/mol. The van der Waals surface area contributed by atoms with Gasteiger partial charge in [-0.15, -0.1) is 0 Å². The molecule has 112 valence electrons. The highest BCUT2D eigenvalue weighted by Crippen LogP contribution is 2.24. The molecule has 1 saturated heterocycles. The van der Waals surface area contributed by atoms with Crippen LogP contribution in [0.4, 0.5) is 5.69 Å². The highest BCUT2D eigenvalue weighted by molar-refractivity contribution is 7.89. The maximum atomic E-state index is 11.9. The third-order valence-corrected chi connectivity index (χ3v) is 5.21. The summed E-state index contributed by atoms with van der Waals surface area (Å²) >= 11 is 0. The van der Waals surface area contributed by atoms with E-state index in [4.69, 9.17) is 0 Å². The van der Waals surface area contributed by atoms with Gasteiger partial charge in [0.25, 0.3) is 0 Å². The first-order valence-electron chi connectivity index (χ1n) is 7.04. The van der Waals surface area contributed by atoms with Gasteiger partial charge in [-0.05, 0) is 57.1 Å². The average Bonchev–Trinajstić information content (AvgIpc) is 2.39. The molecular formula is C14H23N3O2S. The average molecular weight is 297 g/mol. The molecule has 1 fully saturated rings. The number of benzene rings is 1. The standard InChI is InChI=1S/C14H23N3O2S/c1-3-16-20(18,19)13-6-4-12(5-7-13)17-14(2)8-10-15-11-9-14/h4-7,15-17H,3,8-11H2,1-2H3. The van der Waals surface area contributed by atoms with Crippen LogP contribution in [0, 0.1) is 0 Å². The van der Waals surface area contributed by atoms with E-state index >= 15 is 0 Å². The lowest BCUT2D eigenvalue weighted by Crippen LogP contribution is -2.45. The quantitative estimate of drug-likeness (QED) is 0.771. The van der Waals surface area contributed by atoms with Gasteiger partial charge in [0, 0.05) is 17.8 Å². The summed E-state index contributed by atoms with van der Waals surface area (Å²) in [4.78, 5) is 0.306. The van der Waals surface area contributed by atoms with Crippen LogP contribution in [-0.2, 0) is 10.0 Å². The third-order valence-electron chi connectivity index (χ3n) is 3.65. The first-order valence-corrected chi connectivity index (χ1v) is 8.52. The molecule has 0 atom stereocenters. The van der Waals surface area contributed by atoms with Crippen LogP contribution in [-0.4, -0.2) is 33.6 Å². The second-order valence-electron chi connectivity index (χ2n) is 5.46. The first kappa shape index (κ1) is 15.3. The molecular weight excluding hydrogens is 274 g/mol. The Morgan fingerprint density at radius 1 is 1.20 bits per heavy atom. The van der Waals surface area contributed by atoms with Crippen LogP contribution in [0.2, 0.25) is 0 Å². The van der Waals surface area contributed by atoms with E-state index in [1.165, 1.54) is 0 Å². The predicted octanol–water partition coefficient (Wildman–Crippen LogP) is 1.54. The van der Waals surface area contributed by atoms with Gasteiger partial charge < -0.3 is 10.6 Å². The topological polar surface area (TPSA) is 70.2 Å². The van der Waals surface area contributed by atoms with Gasteiger partial charge in [-0.3, -0.25) is 0 Å². The number of piperidine rings is 1. The fraction of sp³-hybridized carbons (Fsp3) is 0.571. The van der Waals surface area contributed by atoms with Gasteiger partial charge in [0.15, 0.2) is 0 Å². The SMILES string of the molecule is CCNS(=O)(=O)c1ccc(NC2(C)CCNCC2)cc1. The summed E-state index contributed by atoms with van der Waals surface area (Å²) < 4.78 is 26.2. The van der Waals surface area contributed by atoms with Gasteiger partial charge in [0.1, 0.15) is 0 Å². The zero-order valence-corrected chi connectivity index (χ0v) is 12.9. The highest BCUT2D eigenvalue weighted by atomic mass is 32.2. The summed E-state index contributed by atoms with van der Waals surface area (Å²) in [7, 11) is -3.36. The smallest absolute Gasteiger partial charge is 0.240 e. The molecule has 3 N–H and O–H groups in total. The van der Waals surface area contributed by atoms with Gasteiger partial charge in [0.2, 0.25) is 10.0 Å². The normalized spacial score (nSPS) is 18.7. The van der Waals surface area contributed by atoms with Crippen molar-refractivity contribution in [1.82, 2.24) is 10.0 Å². The summed E-state index contributed by atoms with van der Waals surface area (Å²) in [6.07, 6.45) is 2.12. The third kappa shape index (κ3) is 3.71. The summed E-state index contributed by atoms with van der Waals surface area (Å²) in [5.41, 5.74) is 1.04. The minimum Gasteiger partial charge on any atom is -0.380 e. The lowest BCUT2D eigenvalue weighted by molar-refractivity contribution is 0.365. The Morgan fingerprint density at radius 2 is 1.80 bits per heavy atom. The van der Waals surface area contributed by atoms with Crippen molar-refractivity contribution in [2.24, 2.45) is 0 Å². The molecule has 0 bridgehead atoms. The van der Waals surface area contributed by atoms with Crippen LogP contribution in [0.15, 0.2) is 29.2 Å². The second-order valence-corrected chi connectivity index (χ2v) is 7.23. The molecule has 1 aromatic carbocycles. The fourth-order valence-corrected chi connectivity index (χ4v) is 3.48. The Morgan fingerprint density at radius 3 is 2.35 bits per heavy atom. The fourth-order valence-electron chi connectivity index (χ4n) is 2.44. The van der Waals surface area contributed by atoms with Gasteiger partial charge in [-0.2, -0.15) is 0 Å². The van der Waals surface area contributed by atoms with Crippen molar-refractivity contribution >= 4 is 15.7 Å². The molecule has 0 amide bonds. The summed E-state index contributed by atoms with van der Waals surface area (Å²) in [6.45, 7) is 6.39. The summed E-state index contributed by atoms with van der Waals surface area (Å²) in [5, 5.41) is 6.85. The monoisotopic (exact) mass is 297 g/mol. The van der Waals surface area contributed by atoms with E-state index in [9.17, 15) is 8.42 Å². The Labute approximate surface area is 121 Å². The molecule has 1 aliphatic heterocycles. The van der Waals surface area contributed by atoms with Crippen molar-refractivity contribution in [1.29, 1.82) is 0 Å². The Kier molecular flexibility index (Phi) is 4.67. The van der Waals surface area contributed by atoms with Crippen molar-refractivity contribution in [3.05, 3.63) is 24.3 Å². The molecule has 5 nitrogen and oxygen atoms in total. The van der Waals surface area contributed by atoms with Crippen LogP contribution in [0.1, 0.15) is 26.7 Å². The van der Waals surface area contributed by atoms with Crippen molar-refractivity contribution in [2.45, 2.75) is 37.1 Å². The molecule has 0 unspecified atom stereocenters. The van der Waals surface area contributed by atoms with E-state index in [0.29, 0.717) is 11.4 Å². The number of nitrogens with one attached hydrogen (secondary N) is 3. The zero-order valence-electron chi connectivity index (χ0n) is 12.1. The van der Waals surface area contributed by atoms with Crippen LogP contribution in [0.25, 0.3) is 0 Å². The molecule has 1 heterocycles. The number of sulfonamides is 1. The minimum absolute atomic E-state index is 0.0767. The summed E-state index contributed by atoms with van der Waals surface area (Å²) in [6, 6.07) is 6.95. The van der Waals surface area contributed by atoms with Crippen LogP contribution in [0.5, 0.6) is 0 Å². The van der Waals surface area contributed by atoms with Gasteiger partial charge in [-0.1, -0.05) is 6.92 Å². The molecule has 0 saturated carbocycles. The first-order chi connectivity index (χ1) is 9.45. The maximum absolute atomic E-state index is 11.9. The number of hydrogen-bond acceptors (Lipinski definition) is 4.